The molecule has 2 aliphatic rings. The number of ether oxygens (including phenoxy) is 2. The van der Waals surface area contributed by atoms with E-state index in [1.807, 2.05) is 0 Å². The van der Waals surface area contributed by atoms with Crippen LogP contribution in [-0.2, 0) is 24.0 Å². The van der Waals surface area contributed by atoms with Gasteiger partial charge < -0.3 is 10.1 Å². The van der Waals surface area contributed by atoms with Gasteiger partial charge in [-0.05, 0) is 6.07 Å². The molecule has 1 unspecified atom stereocenters. The van der Waals surface area contributed by atoms with Crippen molar-refractivity contribution in [3.05, 3.63) is 42.3 Å². The monoisotopic (exact) mass is 701 g/mol. The van der Waals surface area contributed by atoms with Gasteiger partial charge in [-0.25, -0.2) is 9.97 Å². The second kappa shape index (κ2) is 14.1. The molecule has 3 aromatic rings. The number of rotatable bonds is 12. The number of thiazole rings is 1. The van der Waals surface area contributed by atoms with Gasteiger partial charge in [-0.1, -0.05) is 0 Å². The van der Waals surface area contributed by atoms with E-state index in [4.69, 9.17) is 22.1 Å². The SMILES string of the molecule is [B]=NC(=O)C[C@H](C(=O)N1C[C@H](Oc2cc(-c3csc(NC(C)=O)n3)nc3cc(OC)ccc23)C[C@H]1C(=O)N[C@]1(C(=O)O)CC1C=C)C(C)(C)C. The molecule has 1 aliphatic heterocycles. The Kier molecular flexibility index (Phi) is 10.2. The van der Waals surface area contributed by atoms with E-state index in [9.17, 15) is 29.1 Å². The normalized spacial score (nSPS) is 21.9. The Morgan fingerprint density at radius 2 is 1.96 bits per heavy atom. The van der Waals surface area contributed by atoms with Gasteiger partial charge in [0.25, 0.3) is 0 Å². The van der Waals surface area contributed by atoms with Crippen molar-refractivity contribution >= 4 is 64.6 Å². The predicted molar refractivity (Wildman–Crippen MR) is 186 cm³/mol. The number of amides is 4. The summed E-state index contributed by atoms with van der Waals surface area (Å²) in [4.78, 5) is 78.2. The summed E-state index contributed by atoms with van der Waals surface area (Å²) in [6.45, 7) is 10.4. The number of pyridine rings is 1. The molecule has 5 atom stereocenters. The molecular formula is C34H38BN6O8S. The molecule has 14 nitrogen and oxygen atoms in total. The number of carbonyl (C=O) groups excluding carboxylic acids is 4. The molecule has 3 N–H and O–H groups in total. The molecule has 0 spiro atoms. The van der Waals surface area contributed by atoms with Crippen LogP contribution in [0.5, 0.6) is 11.5 Å². The van der Waals surface area contributed by atoms with Crippen molar-refractivity contribution in [1.29, 1.82) is 0 Å². The fraction of sp³-hybridized carbons (Fsp3) is 0.441. The Morgan fingerprint density at radius 3 is 2.56 bits per heavy atom. The average Bonchev–Trinajstić information content (AvgIpc) is 3.35. The fourth-order valence-electron chi connectivity index (χ4n) is 6.20. The maximum absolute atomic E-state index is 14.3. The summed E-state index contributed by atoms with van der Waals surface area (Å²) >= 11 is 1.23. The standard InChI is InChI=1S/C34H38BN6O8S/c1-7-18-14-34(18,31(46)47)39-29(44)26-11-20(15-41(26)30(45)22(33(3,4)5)12-28(43)40-35)49-27-13-24(25-16-50-32(38-25)36-17(2)42)37-23-10-19(48-6)8-9-21(23)27/h7-10,13,16,18,20,22,26H,1,11-12,14-15H2,2-6H3,(H,39,44)(H,46,47)(H,36,38,42)/t18?,20-,22-,26+,34-/m1/s1. The zero-order valence-corrected chi connectivity index (χ0v) is 29.2. The van der Waals surface area contributed by atoms with Gasteiger partial charge in [0.2, 0.25) is 5.91 Å². The number of nitrogens with zero attached hydrogens (tertiary/aromatic N) is 4. The van der Waals surface area contributed by atoms with Gasteiger partial charge in [0.15, 0.2) is 5.13 Å². The van der Waals surface area contributed by atoms with Crippen LogP contribution in [0.4, 0.5) is 5.13 Å². The number of likely N-dealkylation sites (tertiary alicyclic amines) is 1. The first kappa shape index (κ1) is 36.3. The first-order valence-corrected chi connectivity index (χ1v) is 16.8. The second-order valence-corrected chi connectivity index (χ2v) is 14.4. The Bertz CT molecular complexity index is 1890. The molecule has 1 aromatic carbocycles. The van der Waals surface area contributed by atoms with E-state index >= 15 is 0 Å². The molecule has 50 heavy (non-hydrogen) atoms. The number of benzene rings is 1. The number of carbonyl (C=O) groups is 5. The first-order valence-electron chi connectivity index (χ1n) is 15.9. The summed E-state index contributed by atoms with van der Waals surface area (Å²) in [7, 11) is 6.77. The number of hydrogen-bond acceptors (Lipinski definition) is 10. The van der Waals surface area contributed by atoms with Crippen molar-refractivity contribution < 1.29 is 38.6 Å². The van der Waals surface area contributed by atoms with Crippen molar-refractivity contribution in [2.75, 3.05) is 19.0 Å². The van der Waals surface area contributed by atoms with E-state index in [0.29, 0.717) is 38.9 Å². The number of carboxylic acid groups (broad SMARTS) is 1. The summed E-state index contributed by atoms with van der Waals surface area (Å²) in [5.74, 6) is -3.70. The van der Waals surface area contributed by atoms with Crippen LogP contribution in [0.15, 0.2) is 47.2 Å². The number of hydrogen-bond donors (Lipinski definition) is 3. The molecule has 0 bridgehead atoms. The van der Waals surface area contributed by atoms with Crippen LogP contribution in [0.1, 0.15) is 47.0 Å². The molecule has 1 saturated carbocycles. The Hall–Kier alpha value is -4.99. The summed E-state index contributed by atoms with van der Waals surface area (Å²) in [5.41, 5.74) is -0.794. The minimum absolute atomic E-state index is 0.0246. The van der Waals surface area contributed by atoms with Crippen LogP contribution < -0.4 is 20.1 Å². The third-order valence-corrected chi connectivity index (χ3v) is 9.82. The Morgan fingerprint density at radius 1 is 1.22 bits per heavy atom. The third kappa shape index (κ3) is 7.44. The summed E-state index contributed by atoms with van der Waals surface area (Å²) in [5, 5.41) is 18.1. The summed E-state index contributed by atoms with van der Waals surface area (Å²) in [6, 6.07) is 5.84. The van der Waals surface area contributed by atoms with Gasteiger partial charge in [-0.2, -0.15) is 0 Å². The number of methoxy groups -OCH3 is 1. The minimum atomic E-state index is -1.52. The zero-order chi connectivity index (χ0) is 36.5. The molecular weight excluding hydrogens is 663 g/mol. The molecule has 16 heteroatoms. The van der Waals surface area contributed by atoms with Crippen LogP contribution in [0.2, 0.25) is 0 Å². The van der Waals surface area contributed by atoms with E-state index in [2.05, 4.69) is 27.1 Å². The summed E-state index contributed by atoms with van der Waals surface area (Å²) < 4.78 is 12.0. The van der Waals surface area contributed by atoms with Gasteiger partial charge in [-0.15, -0.1) is 17.9 Å². The first-order chi connectivity index (χ1) is 23.6. The van der Waals surface area contributed by atoms with E-state index in [1.54, 1.807) is 50.4 Å². The fourth-order valence-corrected chi connectivity index (χ4v) is 6.95. The van der Waals surface area contributed by atoms with E-state index in [1.165, 1.54) is 36.3 Å². The van der Waals surface area contributed by atoms with E-state index in [0.717, 1.165) is 0 Å². The molecule has 2 aromatic heterocycles. The van der Waals surface area contributed by atoms with Gasteiger partial charge in [0, 0.05) is 18.4 Å². The number of aromatic nitrogens is 2. The molecule has 5 rings (SSSR count). The van der Waals surface area contributed by atoms with Crippen molar-refractivity contribution in [2.45, 2.75) is 64.6 Å². The van der Waals surface area contributed by atoms with Crippen LogP contribution in [0.3, 0.4) is 0 Å². The number of anilines is 1. The van der Waals surface area contributed by atoms with Gasteiger partial charge >= 0.3 is 198 Å². The van der Waals surface area contributed by atoms with Gasteiger partial charge in [0.1, 0.15) is 11.4 Å². The van der Waals surface area contributed by atoms with Crippen LogP contribution in [0, 0.1) is 17.3 Å². The Balaban J connectivity index is 1.52. The molecule has 261 valence electrons. The molecule has 3 heterocycles. The number of carboxylic acids is 1. The summed E-state index contributed by atoms with van der Waals surface area (Å²) in [6.07, 6.45) is 0.673. The second-order valence-electron chi connectivity index (χ2n) is 13.5. The molecule has 1 radical (unpaired) electrons. The third-order valence-electron chi connectivity index (χ3n) is 9.06. The Labute approximate surface area is 293 Å². The molecule has 2 fully saturated rings. The van der Waals surface area contributed by atoms with Crippen LogP contribution >= 0.6 is 11.3 Å². The van der Waals surface area contributed by atoms with E-state index < -0.39 is 58.6 Å². The van der Waals surface area contributed by atoms with Gasteiger partial charge in [0.05, 0.1) is 7.11 Å². The van der Waals surface area contributed by atoms with Crippen molar-refractivity contribution in [3.8, 4) is 22.9 Å². The topological polar surface area (TPSA) is 189 Å². The van der Waals surface area contributed by atoms with Crippen molar-refractivity contribution in [3.63, 3.8) is 0 Å². The number of fused-ring (bicyclic) bond motifs is 1. The van der Waals surface area contributed by atoms with Crippen LogP contribution in [-0.4, -0.2) is 88.6 Å². The van der Waals surface area contributed by atoms with Gasteiger partial charge in [-0.3, -0.25) is 4.79 Å². The van der Waals surface area contributed by atoms with Crippen molar-refractivity contribution in [2.24, 2.45) is 22.1 Å². The quantitative estimate of drug-likeness (QED) is 0.185. The molecule has 1 saturated heterocycles. The molecule has 4 amide bonds. The number of aliphatic carboxylic acids is 1. The van der Waals surface area contributed by atoms with Crippen molar-refractivity contribution in [1.82, 2.24) is 20.2 Å². The maximum atomic E-state index is 14.3. The number of nitrogens with one attached hydrogen (secondary N) is 2. The average molecular weight is 702 g/mol. The van der Waals surface area contributed by atoms with E-state index in [-0.39, 0.29) is 31.7 Å². The van der Waals surface area contributed by atoms with Crippen LogP contribution in [0.25, 0.3) is 22.3 Å². The molecule has 1 aliphatic carbocycles. The predicted octanol–water partition coefficient (Wildman–Crippen LogP) is 3.75. The zero-order valence-electron chi connectivity index (χ0n) is 28.4.